The molecule has 0 radical (unpaired) electrons. The zero-order valence-electron chi connectivity index (χ0n) is 18.6. The molecule has 2 aliphatic rings. The summed E-state index contributed by atoms with van der Waals surface area (Å²) in [5.41, 5.74) is 3.67. The second kappa shape index (κ2) is 7.58. The minimum atomic E-state index is -0.277. The van der Waals surface area contributed by atoms with Gasteiger partial charge in [-0.25, -0.2) is 9.37 Å². The largest absolute Gasteiger partial charge is 0.350 e. The number of aryl methyl sites for hydroxylation is 1. The van der Waals surface area contributed by atoms with Crippen LogP contribution in [-0.2, 0) is 11.3 Å². The minimum Gasteiger partial charge on any atom is -0.350 e. The van der Waals surface area contributed by atoms with Crippen LogP contribution in [0.2, 0.25) is 0 Å². The monoisotopic (exact) mass is 435 g/mol. The lowest BCUT2D eigenvalue weighted by Gasteiger charge is -2.37. The maximum atomic E-state index is 13.2. The average Bonchev–Trinajstić information content (AvgIpc) is 3.44. The Morgan fingerprint density at radius 3 is 2.69 bits per heavy atom. The number of nitrogens with zero attached hydrogens (tertiary/aromatic N) is 6. The van der Waals surface area contributed by atoms with E-state index in [-0.39, 0.29) is 17.8 Å². The number of rotatable bonds is 5. The van der Waals surface area contributed by atoms with E-state index < -0.39 is 0 Å². The molecule has 2 unspecified atom stereocenters. The highest BCUT2D eigenvalue weighted by atomic mass is 19.1. The number of hydrogen-bond donors (Lipinski definition) is 1. The van der Waals surface area contributed by atoms with Gasteiger partial charge in [-0.05, 0) is 38.0 Å². The maximum absolute atomic E-state index is 13.2. The summed E-state index contributed by atoms with van der Waals surface area (Å²) < 4.78 is 15.1. The first kappa shape index (κ1) is 20.4. The van der Waals surface area contributed by atoms with E-state index in [4.69, 9.17) is 0 Å². The van der Waals surface area contributed by atoms with Gasteiger partial charge in [0.05, 0.1) is 17.9 Å². The number of carbonyl (C=O) groups is 1. The van der Waals surface area contributed by atoms with Crippen LogP contribution < -0.4 is 15.1 Å². The number of carbonyl (C=O) groups excluding carboxylic acids is 1. The fourth-order valence-electron chi connectivity index (χ4n) is 4.38. The van der Waals surface area contributed by atoms with Gasteiger partial charge in [0.15, 0.2) is 5.82 Å². The van der Waals surface area contributed by atoms with Crippen molar-refractivity contribution in [1.29, 1.82) is 0 Å². The number of halogens is 1. The number of amides is 1. The molecular weight excluding hydrogens is 409 g/mol. The molecule has 5 rings (SSSR count). The Labute approximate surface area is 186 Å². The second-order valence-corrected chi connectivity index (χ2v) is 8.63. The second-order valence-electron chi connectivity index (χ2n) is 8.63. The first-order chi connectivity index (χ1) is 15.3. The van der Waals surface area contributed by atoms with Crippen molar-refractivity contribution >= 4 is 23.4 Å². The average molecular weight is 436 g/mol. The van der Waals surface area contributed by atoms with Gasteiger partial charge < -0.3 is 15.1 Å². The molecule has 3 heterocycles. The van der Waals surface area contributed by atoms with Crippen LogP contribution >= 0.6 is 0 Å². The van der Waals surface area contributed by atoms with Crippen molar-refractivity contribution in [1.82, 2.24) is 19.7 Å². The zero-order valence-corrected chi connectivity index (χ0v) is 18.6. The van der Waals surface area contributed by atoms with Gasteiger partial charge in [-0.3, -0.25) is 9.48 Å². The molecule has 1 amide bonds. The number of aromatic nitrogens is 4. The van der Waals surface area contributed by atoms with Crippen molar-refractivity contribution in [2.75, 3.05) is 29.2 Å². The quantitative estimate of drug-likeness (QED) is 0.663. The standard InChI is InChI=1S/C23H26FN7O/c1-13-20-21(29(3)14(2)22(32)30(20)4)28-23(27-13)25-10-15-11-26-31(12-15)19-9-18(19)16-5-7-17(24)8-6-16/h5-8,11-12,14,18-19H,9-10H2,1-4H3,(H,25,27,28)/t14-,18?,19?/m0/s1. The van der Waals surface area contributed by atoms with Crippen LogP contribution in [0.1, 0.15) is 42.1 Å². The van der Waals surface area contributed by atoms with Gasteiger partial charge in [0, 0.05) is 38.3 Å². The Balaban J connectivity index is 1.27. The van der Waals surface area contributed by atoms with Crippen LogP contribution in [0.3, 0.4) is 0 Å². The highest BCUT2D eigenvalue weighted by Crippen LogP contribution is 2.51. The van der Waals surface area contributed by atoms with E-state index in [1.54, 1.807) is 11.9 Å². The Kier molecular flexibility index (Phi) is 4.83. The number of likely N-dealkylation sites (N-methyl/N-ethyl adjacent to an activating group) is 2. The summed E-state index contributed by atoms with van der Waals surface area (Å²) >= 11 is 0. The molecule has 3 aromatic rings. The van der Waals surface area contributed by atoms with E-state index in [2.05, 4.69) is 20.4 Å². The summed E-state index contributed by atoms with van der Waals surface area (Å²) in [4.78, 5) is 25.2. The van der Waals surface area contributed by atoms with Crippen molar-refractivity contribution < 1.29 is 9.18 Å². The van der Waals surface area contributed by atoms with Gasteiger partial charge in [0.1, 0.15) is 17.5 Å². The first-order valence-electron chi connectivity index (χ1n) is 10.7. The molecule has 1 aromatic carbocycles. The molecule has 3 atom stereocenters. The number of nitrogens with one attached hydrogen (secondary N) is 1. The van der Waals surface area contributed by atoms with Crippen molar-refractivity contribution in [2.45, 2.75) is 44.8 Å². The summed E-state index contributed by atoms with van der Waals surface area (Å²) in [6, 6.07) is 6.75. The molecule has 0 bridgehead atoms. The van der Waals surface area contributed by atoms with Crippen LogP contribution in [0.4, 0.5) is 21.8 Å². The topological polar surface area (TPSA) is 79.2 Å². The van der Waals surface area contributed by atoms with E-state index in [1.165, 1.54) is 12.1 Å². The lowest BCUT2D eigenvalue weighted by molar-refractivity contribution is -0.119. The summed E-state index contributed by atoms with van der Waals surface area (Å²) in [7, 11) is 3.64. The Hall–Kier alpha value is -3.49. The van der Waals surface area contributed by atoms with Crippen molar-refractivity contribution in [3.63, 3.8) is 0 Å². The molecule has 2 aromatic heterocycles. The molecular formula is C23H26FN7O. The molecule has 32 heavy (non-hydrogen) atoms. The van der Waals surface area contributed by atoms with Crippen LogP contribution in [0.15, 0.2) is 36.7 Å². The minimum absolute atomic E-state index is 0.0267. The normalized spacial score (nSPS) is 22.2. The van der Waals surface area contributed by atoms with Crippen LogP contribution in [0, 0.1) is 12.7 Å². The van der Waals surface area contributed by atoms with E-state index in [0.29, 0.717) is 24.5 Å². The molecule has 1 aliphatic heterocycles. The van der Waals surface area contributed by atoms with Crippen molar-refractivity contribution in [2.24, 2.45) is 0 Å². The molecule has 166 valence electrons. The molecule has 1 saturated carbocycles. The number of hydrogen-bond acceptors (Lipinski definition) is 6. The third-order valence-electron chi connectivity index (χ3n) is 6.48. The number of benzene rings is 1. The SMILES string of the molecule is Cc1nc(NCc2cnn(C3CC3c3ccc(F)cc3)c2)nc2c1N(C)C(=O)[C@H](C)N2C. The molecule has 1 N–H and O–H groups in total. The molecule has 1 aliphatic carbocycles. The fourth-order valence-corrected chi connectivity index (χ4v) is 4.38. The molecule has 1 fully saturated rings. The smallest absolute Gasteiger partial charge is 0.249 e. The van der Waals surface area contributed by atoms with Crippen LogP contribution in [0.25, 0.3) is 0 Å². The predicted octanol–water partition coefficient (Wildman–Crippen LogP) is 3.26. The van der Waals surface area contributed by atoms with E-state index in [9.17, 15) is 9.18 Å². The highest BCUT2D eigenvalue weighted by molar-refractivity contribution is 6.04. The third-order valence-corrected chi connectivity index (χ3v) is 6.48. The van der Waals surface area contributed by atoms with Gasteiger partial charge in [-0.1, -0.05) is 12.1 Å². The Morgan fingerprint density at radius 1 is 1.19 bits per heavy atom. The first-order valence-corrected chi connectivity index (χ1v) is 10.7. The third kappa shape index (κ3) is 3.47. The summed E-state index contributed by atoms with van der Waals surface area (Å²) in [6.07, 6.45) is 4.89. The van der Waals surface area contributed by atoms with Gasteiger partial charge in [0.25, 0.3) is 0 Å². The Bertz CT molecular complexity index is 1180. The van der Waals surface area contributed by atoms with Gasteiger partial charge in [-0.2, -0.15) is 10.1 Å². The lowest BCUT2D eigenvalue weighted by atomic mass is 10.1. The van der Waals surface area contributed by atoms with Crippen molar-refractivity contribution in [3.8, 4) is 0 Å². The van der Waals surface area contributed by atoms with Crippen LogP contribution in [0.5, 0.6) is 0 Å². The summed E-state index contributed by atoms with van der Waals surface area (Å²) in [5.74, 6) is 1.45. The maximum Gasteiger partial charge on any atom is 0.249 e. The fraction of sp³-hybridized carbons (Fsp3) is 0.391. The molecule has 0 saturated heterocycles. The van der Waals surface area contributed by atoms with Gasteiger partial charge in [-0.15, -0.1) is 0 Å². The van der Waals surface area contributed by atoms with Gasteiger partial charge in [0.2, 0.25) is 11.9 Å². The van der Waals surface area contributed by atoms with Crippen molar-refractivity contribution in [3.05, 3.63) is 59.3 Å². The molecule has 8 nitrogen and oxygen atoms in total. The summed E-state index contributed by atoms with van der Waals surface area (Å²) in [6.45, 7) is 4.30. The predicted molar refractivity (Wildman–Crippen MR) is 120 cm³/mol. The van der Waals surface area contributed by atoms with Crippen LogP contribution in [-0.4, -0.2) is 45.8 Å². The van der Waals surface area contributed by atoms with E-state index in [0.717, 1.165) is 34.7 Å². The molecule has 0 spiro atoms. The highest BCUT2D eigenvalue weighted by Gasteiger charge is 2.40. The lowest BCUT2D eigenvalue weighted by Crippen LogP contribution is -2.49. The Morgan fingerprint density at radius 2 is 1.94 bits per heavy atom. The van der Waals surface area contributed by atoms with E-state index in [1.807, 2.05) is 55.0 Å². The zero-order chi connectivity index (χ0) is 22.6. The molecule has 9 heteroatoms. The van der Waals surface area contributed by atoms with Gasteiger partial charge >= 0.3 is 0 Å². The summed E-state index contributed by atoms with van der Waals surface area (Å²) in [5, 5.41) is 7.81. The van der Waals surface area contributed by atoms with E-state index >= 15 is 0 Å². The number of fused-ring (bicyclic) bond motifs is 1. The number of anilines is 3.